The molecule has 5 aromatic carbocycles. The summed E-state index contributed by atoms with van der Waals surface area (Å²) in [7, 11) is 0. The number of pyridine rings is 1. The van der Waals surface area contributed by atoms with Crippen molar-refractivity contribution in [2.45, 2.75) is 88.3 Å². The van der Waals surface area contributed by atoms with Crippen LogP contribution in [0.5, 0.6) is 0 Å². The van der Waals surface area contributed by atoms with Crippen molar-refractivity contribution in [3.63, 3.8) is 0 Å². The van der Waals surface area contributed by atoms with Crippen LogP contribution in [0, 0.1) is 0 Å². The first-order valence-electron chi connectivity index (χ1n) is 18.6. The average Bonchev–Trinajstić information content (AvgIpc) is 3.51. The lowest BCUT2D eigenvalue weighted by Crippen LogP contribution is -2.24. The fraction of sp³-hybridized carbons (Fsp3) is 0.271. The third-order valence-corrected chi connectivity index (χ3v) is 11.0. The molecular formula is C48H52N4S. The second kappa shape index (κ2) is 14.1. The van der Waals surface area contributed by atoms with Gasteiger partial charge in [-0.1, -0.05) is 123 Å². The number of benzene rings is 5. The van der Waals surface area contributed by atoms with E-state index < -0.39 is 0 Å². The van der Waals surface area contributed by atoms with E-state index in [0.29, 0.717) is 0 Å². The zero-order chi connectivity index (χ0) is 37.5. The van der Waals surface area contributed by atoms with Crippen LogP contribution >= 0.6 is 11.8 Å². The van der Waals surface area contributed by atoms with Crippen molar-refractivity contribution in [1.82, 2.24) is 4.98 Å². The van der Waals surface area contributed by atoms with Gasteiger partial charge in [0.15, 0.2) is 0 Å². The molecule has 0 aliphatic carbocycles. The Morgan fingerprint density at radius 2 is 1.06 bits per heavy atom. The second-order valence-corrected chi connectivity index (χ2v) is 18.3. The molecule has 5 heteroatoms. The van der Waals surface area contributed by atoms with Gasteiger partial charge in [0.1, 0.15) is 12.5 Å². The SMILES string of the molecule is CC(C)(C)c1cccc(N2CN(c3cccc(Sc4cccc(N(c5ccccc5)c5cc(C(C)(C)C)ccn5)c4)c3)c3ccc(C(C)(C)C)cc32)c1. The summed E-state index contributed by atoms with van der Waals surface area (Å²) in [5, 5.41) is 0. The van der Waals surface area contributed by atoms with Gasteiger partial charge in [-0.3, -0.25) is 4.90 Å². The molecule has 0 atom stereocenters. The Morgan fingerprint density at radius 3 is 1.75 bits per heavy atom. The number of rotatable bonds is 7. The molecule has 1 aliphatic heterocycles. The zero-order valence-corrected chi connectivity index (χ0v) is 33.5. The molecule has 6 aromatic rings. The molecule has 7 rings (SSSR count). The third kappa shape index (κ3) is 7.87. The van der Waals surface area contributed by atoms with E-state index in [4.69, 9.17) is 4.98 Å². The quantitative estimate of drug-likeness (QED) is 0.164. The molecule has 1 aliphatic rings. The highest BCUT2D eigenvalue weighted by Crippen LogP contribution is 2.47. The Labute approximate surface area is 321 Å². The molecule has 1 aromatic heterocycles. The van der Waals surface area contributed by atoms with Crippen molar-refractivity contribution >= 4 is 51.7 Å². The van der Waals surface area contributed by atoms with Crippen LogP contribution < -0.4 is 14.7 Å². The molecule has 53 heavy (non-hydrogen) atoms. The number of aromatic nitrogens is 1. The van der Waals surface area contributed by atoms with E-state index in [-0.39, 0.29) is 16.2 Å². The van der Waals surface area contributed by atoms with Gasteiger partial charge >= 0.3 is 0 Å². The zero-order valence-electron chi connectivity index (χ0n) is 32.7. The lowest BCUT2D eigenvalue weighted by molar-refractivity contribution is 0.589. The van der Waals surface area contributed by atoms with E-state index in [2.05, 4.69) is 210 Å². The average molecular weight is 717 g/mol. The summed E-state index contributed by atoms with van der Waals surface area (Å²) in [6, 6.07) is 48.7. The molecule has 0 saturated heterocycles. The van der Waals surface area contributed by atoms with Crippen LogP contribution in [-0.4, -0.2) is 11.7 Å². The minimum Gasteiger partial charge on any atom is -0.321 e. The number of anilines is 7. The number of para-hydroxylation sites is 1. The fourth-order valence-corrected chi connectivity index (χ4v) is 7.77. The molecular weight excluding hydrogens is 665 g/mol. The molecule has 270 valence electrons. The molecule has 2 heterocycles. The Kier molecular flexibility index (Phi) is 9.67. The Bertz CT molecular complexity index is 2220. The van der Waals surface area contributed by atoms with Crippen LogP contribution in [0.4, 0.5) is 39.9 Å². The van der Waals surface area contributed by atoms with Crippen molar-refractivity contribution in [2.75, 3.05) is 21.4 Å². The summed E-state index contributed by atoms with van der Waals surface area (Å²) >= 11 is 1.79. The summed E-state index contributed by atoms with van der Waals surface area (Å²) in [6.07, 6.45) is 1.93. The number of hydrogen-bond donors (Lipinski definition) is 0. The van der Waals surface area contributed by atoms with Crippen LogP contribution in [0.3, 0.4) is 0 Å². The maximum absolute atomic E-state index is 4.87. The molecule has 0 unspecified atom stereocenters. The molecule has 0 fully saturated rings. The Morgan fingerprint density at radius 1 is 0.491 bits per heavy atom. The first-order valence-corrected chi connectivity index (χ1v) is 19.5. The van der Waals surface area contributed by atoms with E-state index in [1.54, 1.807) is 11.8 Å². The lowest BCUT2D eigenvalue weighted by atomic mass is 9.86. The highest BCUT2D eigenvalue weighted by molar-refractivity contribution is 7.99. The summed E-state index contributed by atoms with van der Waals surface area (Å²) in [5.74, 6) is 0.910. The van der Waals surface area contributed by atoms with Crippen molar-refractivity contribution in [1.29, 1.82) is 0 Å². The van der Waals surface area contributed by atoms with Gasteiger partial charge in [-0.15, -0.1) is 0 Å². The molecule has 0 amide bonds. The maximum atomic E-state index is 4.87. The normalized spacial score (nSPS) is 13.3. The summed E-state index contributed by atoms with van der Waals surface area (Å²) < 4.78 is 0. The maximum Gasteiger partial charge on any atom is 0.137 e. The van der Waals surface area contributed by atoms with Gasteiger partial charge in [-0.05, 0) is 118 Å². The molecule has 0 N–H and O–H groups in total. The van der Waals surface area contributed by atoms with Gasteiger partial charge in [0, 0.05) is 38.7 Å². The van der Waals surface area contributed by atoms with E-state index in [0.717, 1.165) is 23.9 Å². The number of nitrogens with zero attached hydrogens (tertiary/aromatic N) is 4. The monoisotopic (exact) mass is 716 g/mol. The number of hydrogen-bond acceptors (Lipinski definition) is 5. The summed E-state index contributed by atoms with van der Waals surface area (Å²) in [5.41, 5.74) is 11.1. The lowest BCUT2D eigenvalue weighted by Gasteiger charge is -2.27. The van der Waals surface area contributed by atoms with Crippen molar-refractivity contribution in [3.05, 3.63) is 156 Å². The van der Waals surface area contributed by atoms with Crippen molar-refractivity contribution in [3.8, 4) is 0 Å². The fourth-order valence-electron chi connectivity index (χ4n) is 6.84. The Hall–Kier alpha value is -5.00. The standard InChI is InChI=1S/C48H52N4S/c1-46(2,3)34-16-13-19-38(28-34)51-33-50(43-25-24-35(29-44(43)51)47(4,5)6)39-20-14-22-41(31-39)53-42-23-15-21-40(32-42)52(37-17-11-10-12-18-37)45-30-36(26-27-49-45)48(7,8)9/h10-32H,33H2,1-9H3. The summed E-state index contributed by atoms with van der Waals surface area (Å²) in [4.78, 5) is 14.4. The van der Waals surface area contributed by atoms with Gasteiger partial charge < -0.3 is 9.80 Å². The molecule has 4 nitrogen and oxygen atoms in total. The predicted molar refractivity (Wildman–Crippen MR) is 228 cm³/mol. The van der Waals surface area contributed by atoms with Crippen LogP contribution in [0.1, 0.15) is 79.0 Å². The molecule has 0 bridgehead atoms. The first-order chi connectivity index (χ1) is 25.1. The van der Waals surface area contributed by atoms with Gasteiger partial charge in [-0.2, -0.15) is 0 Å². The Balaban J connectivity index is 1.22. The smallest absolute Gasteiger partial charge is 0.137 e. The minimum absolute atomic E-state index is 0.0149. The van der Waals surface area contributed by atoms with Gasteiger partial charge in [-0.25, -0.2) is 4.98 Å². The van der Waals surface area contributed by atoms with Crippen LogP contribution in [0.15, 0.2) is 149 Å². The van der Waals surface area contributed by atoms with Gasteiger partial charge in [0.2, 0.25) is 0 Å². The molecule has 0 saturated carbocycles. The topological polar surface area (TPSA) is 22.6 Å². The largest absolute Gasteiger partial charge is 0.321 e. The summed E-state index contributed by atoms with van der Waals surface area (Å²) in [6.45, 7) is 21.2. The second-order valence-electron chi connectivity index (χ2n) is 17.2. The van der Waals surface area contributed by atoms with Crippen LogP contribution in [-0.2, 0) is 16.2 Å². The third-order valence-electron chi connectivity index (χ3n) is 10.0. The van der Waals surface area contributed by atoms with E-state index in [9.17, 15) is 0 Å². The van der Waals surface area contributed by atoms with Crippen molar-refractivity contribution in [2.24, 2.45) is 0 Å². The van der Waals surface area contributed by atoms with Gasteiger partial charge in [0.05, 0.1) is 11.4 Å². The minimum atomic E-state index is 0.0149. The first kappa shape index (κ1) is 36.4. The molecule has 0 radical (unpaired) electrons. The van der Waals surface area contributed by atoms with E-state index in [1.165, 1.54) is 49.2 Å². The molecule has 0 spiro atoms. The van der Waals surface area contributed by atoms with Crippen molar-refractivity contribution < 1.29 is 0 Å². The predicted octanol–water partition coefficient (Wildman–Crippen LogP) is 13.8. The van der Waals surface area contributed by atoms with Crippen LogP contribution in [0.2, 0.25) is 0 Å². The van der Waals surface area contributed by atoms with E-state index in [1.807, 2.05) is 6.20 Å². The number of fused-ring (bicyclic) bond motifs is 1. The van der Waals surface area contributed by atoms with Crippen LogP contribution in [0.25, 0.3) is 0 Å². The van der Waals surface area contributed by atoms with E-state index >= 15 is 0 Å². The highest BCUT2D eigenvalue weighted by Gasteiger charge is 2.31. The highest BCUT2D eigenvalue weighted by atomic mass is 32.2. The van der Waals surface area contributed by atoms with Gasteiger partial charge in [0.25, 0.3) is 0 Å².